The average Bonchev–Trinajstić information content (AvgIpc) is 2.16. The lowest BCUT2D eigenvalue weighted by molar-refractivity contribution is 0.219. The highest BCUT2D eigenvalue weighted by Gasteiger charge is 2.03. The molecule has 1 aromatic carbocycles. The van der Waals surface area contributed by atoms with Crippen molar-refractivity contribution < 1.29 is 4.79 Å². The van der Waals surface area contributed by atoms with Gasteiger partial charge in [-0.25, -0.2) is 4.79 Å². The van der Waals surface area contributed by atoms with Gasteiger partial charge in [-0.2, -0.15) is 0 Å². The van der Waals surface area contributed by atoms with Gasteiger partial charge in [-0.15, -0.1) is 0 Å². The molecular weight excluding hydrogens is 176 g/mol. The lowest BCUT2D eigenvalue weighted by atomic mass is 10.1. The van der Waals surface area contributed by atoms with Crippen molar-refractivity contribution in [2.24, 2.45) is 5.73 Å². The normalized spacial score (nSPS) is 9.86. The van der Waals surface area contributed by atoms with E-state index in [0.29, 0.717) is 6.54 Å². The Morgan fingerprint density at radius 1 is 1.43 bits per heavy atom. The van der Waals surface area contributed by atoms with Gasteiger partial charge in [0, 0.05) is 13.6 Å². The molecule has 1 rings (SSSR count). The van der Waals surface area contributed by atoms with E-state index in [4.69, 9.17) is 5.73 Å². The molecule has 0 aliphatic heterocycles. The van der Waals surface area contributed by atoms with Crippen molar-refractivity contribution in [3.63, 3.8) is 0 Å². The first-order chi connectivity index (χ1) is 6.61. The third kappa shape index (κ3) is 2.76. The number of primary amides is 1. The van der Waals surface area contributed by atoms with Crippen LogP contribution in [0, 0.1) is 6.92 Å². The number of nitrogens with zero attached hydrogens (tertiary/aromatic N) is 1. The Bertz CT molecular complexity index is 323. The van der Waals surface area contributed by atoms with Crippen LogP contribution < -0.4 is 5.73 Å². The summed E-state index contributed by atoms with van der Waals surface area (Å²) in [6, 6.07) is 7.78. The number of nitrogens with two attached hydrogens (primary N) is 1. The van der Waals surface area contributed by atoms with E-state index in [-0.39, 0.29) is 6.03 Å². The van der Waals surface area contributed by atoms with E-state index >= 15 is 0 Å². The van der Waals surface area contributed by atoms with Crippen LogP contribution in [0.1, 0.15) is 11.1 Å². The summed E-state index contributed by atoms with van der Waals surface area (Å²) in [7, 11) is 1.71. The zero-order valence-electron chi connectivity index (χ0n) is 8.66. The van der Waals surface area contributed by atoms with Gasteiger partial charge >= 0.3 is 6.03 Å². The van der Waals surface area contributed by atoms with E-state index in [1.165, 1.54) is 16.0 Å². The lowest BCUT2D eigenvalue weighted by Gasteiger charge is -2.14. The summed E-state index contributed by atoms with van der Waals surface area (Å²) in [5.74, 6) is 0. The van der Waals surface area contributed by atoms with Gasteiger partial charge in [0.15, 0.2) is 0 Å². The number of carbonyl (C=O) groups excluding carboxylic acids is 1. The monoisotopic (exact) mass is 192 g/mol. The van der Waals surface area contributed by atoms with E-state index in [0.717, 1.165) is 6.42 Å². The Morgan fingerprint density at radius 2 is 2.07 bits per heavy atom. The predicted molar refractivity (Wildman–Crippen MR) is 57.1 cm³/mol. The van der Waals surface area contributed by atoms with E-state index in [9.17, 15) is 4.79 Å². The standard InChI is InChI=1S/C11H16N2O/c1-9-5-3-4-6-10(9)7-8-13(2)11(12)14/h3-6H,7-8H2,1-2H3,(H2,12,14). The second-order valence-electron chi connectivity index (χ2n) is 3.44. The molecule has 2 amide bonds. The van der Waals surface area contributed by atoms with E-state index in [1.54, 1.807) is 7.05 Å². The van der Waals surface area contributed by atoms with Crippen LogP contribution in [0.15, 0.2) is 24.3 Å². The van der Waals surface area contributed by atoms with Crippen LogP contribution in [-0.2, 0) is 6.42 Å². The van der Waals surface area contributed by atoms with Gasteiger partial charge in [0.05, 0.1) is 0 Å². The van der Waals surface area contributed by atoms with Gasteiger partial charge < -0.3 is 10.6 Å². The maximum absolute atomic E-state index is 10.8. The quantitative estimate of drug-likeness (QED) is 0.776. The van der Waals surface area contributed by atoms with Gasteiger partial charge in [0.25, 0.3) is 0 Å². The molecular formula is C11H16N2O. The van der Waals surface area contributed by atoms with Crippen molar-refractivity contribution in [1.82, 2.24) is 4.90 Å². The highest BCUT2D eigenvalue weighted by molar-refractivity contribution is 5.71. The van der Waals surface area contributed by atoms with Crippen molar-refractivity contribution >= 4 is 6.03 Å². The number of benzene rings is 1. The molecule has 0 heterocycles. The molecule has 0 fully saturated rings. The Balaban J connectivity index is 2.54. The van der Waals surface area contributed by atoms with E-state index < -0.39 is 0 Å². The molecule has 2 N–H and O–H groups in total. The lowest BCUT2D eigenvalue weighted by Crippen LogP contribution is -2.33. The molecule has 0 aliphatic rings. The second-order valence-corrected chi connectivity index (χ2v) is 3.44. The van der Waals surface area contributed by atoms with Crippen LogP contribution in [0.25, 0.3) is 0 Å². The summed E-state index contributed by atoms with van der Waals surface area (Å²) in [6.07, 6.45) is 0.853. The third-order valence-electron chi connectivity index (χ3n) is 2.35. The summed E-state index contributed by atoms with van der Waals surface area (Å²) >= 11 is 0. The average molecular weight is 192 g/mol. The molecule has 0 bridgehead atoms. The summed E-state index contributed by atoms with van der Waals surface area (Å²) in [5.41, 5.74) is 7.64. The maximum atomic E-state index is 10.8. The predicted octanol–water partition coefficient (Wildman–Crippen LogP) is 1.55. The van der Waals surface area contributed by atoms with Crippen LogP contribution in [-0.4, -0.2) is 24.5 Å². The molecule has 0 spiro atoms. The van der Waals surface area contributed by atoms with Crippen LogP contribution in [0.3, 0.4) is 0 Å². The minimum Gasteiger partial charge on any atom is -0.351 e. The fraction of sp³-hybridized carbons (Fsp3) is 0.364. The number of hydrogen-bond donors (Lipinski definition) is 1. The fourth-order valence-electron chi connectivity index (χ4n) is 1.29. The molecule has 76 valence electrons. The smallest absolute Gasteiger partial charge is 0.314 e. The van der Waals surface area contributed by atoms with Gasteiger partial charge in [0.2, 0.25) is 0 Å². The summed E-state index contributed by atoms with van der Waals surface area (Å²) in [5, 5.41) is 0. The number of aryl methyl sites for hydroxylation is 1. The number of carbonyl (C=O) groups is 1. The zero-order chi connectivity index (χ0) is 10.6. The fourth-order valence-corrected chi connectivity index (χ4v) is 1.29. The number of hydrogen-bond acceptors (Lipinski definition) is 1. The third-order valence-corrected chi connectivity index (χ3v) is 2.35. The SMILES string of the molecule is Cc1ccccc1CCN(C)C(N)=O. The molecule has 0 radical (unpaired) electrons. The van der Waals surface area contributed by atoms with Crippen LogP contribution in [0.2, 0.25) is 0 Å². The van der Waals surface area contributed by atoms with Crippen molar-refractivity contribution in [2.75, 3.05) is 13.6 Å². The molecule has 14 heavy (non-hydrogen) atoms. The Morgan fingerprint density at radius 3 is 2.64 bits per heavy atom. The molecule has 1 aromatic rings. The maximum Gasteiger partial charge on any atom is 0.314 e. The molecule has 0 saturated carbocycles. The summed E-state index contributed by atoms with van der Waals surface area (Å²) in [4.78, 5) is 12.3. The molecule has 3 nitrogen and oxygen atoms in total. The number of likely N-dealkylation sites (N-methyl/N-ethyl adjacent to an activating group) is 1. The minimum atomic E-state index is -0.376. The minimum absolute atomic E-state index is 0.376. The number of amides is 2. The van der Waals surface area contributed by atoms with Gasteiger partial charge in [0.1, 0.15) is 0 Å². The Labute approximate surface area is 84.5 Å². The molecule has 0 aliphatic carbocycles. The highest BCUT2D eigenvalue weighted by Crippen LogP contribution is 2.07. The van der Waals surface area contributed by atoms with Crippen LogP contribution in [0.5, 0.6) is 0 Å². The van der Waals surface area contributed by atoms with E-state index in [1.807, 2.05) is 12.1 Å². The van der Waals surface area contributed by atoms with Crippen molar-refractivity contribution in [2.45, 2.75) is 13.3 Å². The van der Waals surface area contributed by atoms with Crippen molar-refractivity contribution in [3.05, 3.63) is 35.4 Å². The number of urea groups is 1. The molecule has 0 unspecified atom stereocenters. The first-order valence-corrected chi connectivity index (χ1v) is 4.66. The van der Waals surface area contributed by atoms with Crippen molar-refractivity contribution in [3.8, 4) is 0 Å². The van der Waals surface area contributed by atoms with Gasteiger partial charge in [-0.1, -0.05) is 24.3 Å². The van der Waals surface area contributed by atoms with Gasteiger partial charge in [-0.3, -0.25) is 0 Å². The Hall–Kier alpha value is -1.51. The first-order valence-electron chi connectivity index (χ1n) is 4.66. The number of rotatable bonds is 3. The first kappa shape index (κ1) is 10.6. The molecule has 0 atom stereocenters. The molecule has 0 aromatic heterocycles. The summed E-state index contributed by atoms with van der Waals surface area (Å²) < 4.78 is 0. The van der Waals surface area contributed by atoms with Crippen LogP contribution >= 0.6 is 0 Å². The topological polar surface area (TPSA) is 46.3 Å². The Kier molecular flexibility index (Phi) is 3.51. The highest BCUT2D eigenvalue weighted by atomic mass is 16.2. The molecule has 0 saturated heterocycles. The van der Waals surface area contributed by atoms with Crippen molar-refractivity contribution in [1.29, 1.82) is 0 Å². The van der Waals surface area contributed by atoms with Gasteiger partial charge in [-0.05, 0) is 24.5 Å². The second kappa shape index (κ2) is 4.65. The molecule has 3 heteroatoms. The summed E-state index contributed by atoms with van der Waals surface area (Å²) in [6.45, 7) is 2.74. The largest absolute Gasteiger partial charge is 0.351 e. The van der Waals surface area contributed by atoms with E-state index in [2.05, 4.69) is 19.1 Å². The zero-order valence-corrected chi connectivity index (χ0v) is 8.66. The van der Waals surface area contributed by atoms with Crippen LogP contribution in [0.4, 0.5) is 4.79 Å².